The molecule has 1 aromatic carbocycles. The van der Waals surface area contributed by atoms with Crippen LogP contribution < -0.4 is 0 Å². The lowest BCUT2D eigenvalue weighted by molar-refractivity contribution is 0.342. The first kappa shape index (κ1) is 14.7. The summed E-state index contributed by atoms with van der Waals surface area (Å²) < 4.78 is 16.1. The zero-order chi connectivity index (χ0) is 15.7. The van der Waals surface area contributed by atoms with Crippen molar-refractivity contribution in [2.75, 3.05) is 0 Å². The first-order chi connectivity index (χ1) is 10.4. The normalized spacial score (nSPS) is 12.0. The van der Waals surface area contributed by atoms with Crippen molar-refractivity contribution < 1.29 is 4.39 Å². The highest BCUT2D eigenvalue weighted by Crippen LogP contribution is 2.24. The van der Waals surface area contributed by atoms with Crippen LogP contribution in [-0.4, -0.2) is 14.5 Å². The Hall–Kier alpha value is -2.23. The van der Waals surface area contributed by atoms with Gasteiger partial charge in [0.2, 0.25) is 0 Å². The van der Waals surface area contributed by atoms with Crippen molar-refractivity contribution in [3.63, 3.8) is 0 Å². The number of imidazole rings is 1. The van der Waals surface area contributed by atoms with Crippen LogP contribution >= 0.6 is 0 Å². The predicted molar refractivity (Wildman–Crippen MR) is 86.2 cm³/mol. The highest BCUT2D eigenvalue weighted by atomic mass is 19.1. The molecule has 114 valence electrons. The summed E-state index contributed by atoms with van der Waals surface area (Å²) in [7, 11) is 0. The summed E-state index contributed by atoms with van der Waals surface area (Å²) in [6.45, 7) is 7.32. The van der Waals surface area contributed by atoms with E-state index in [0.717, 1.165) is 23.5 Å². The van der Waals surface area contributed by atoms with Gasteiger partial charge in [-0.2, -0.15) is 0 Å². The quantitative estimate of drug-likeness (QED) is 0.725. The van der Waals surface area contributed by atoms with Crippen LogP contribution in [0.1, 0.15) is 32.2 Å². The molecule has 0 bridgehead atoms. The minimum Gasteiger partial charge on any atom is -0.312 e. The van der Waals surface area contributed by atoms with E-state index in [1.54, 1.807) is 12.3 Å². The van der Waals surface area contributed by atoms with Crippen molar-refractivity contribution in [3.05, 3.63) is 59.8 Å². The molecule has 0 saturated heterocycles. The van der Waals surface area contributed by atoms with E-state index < -0.39 is 0 Å². The molecule has 0 unspecified atom stereocenters. The molecule has 0 saturated carbocycles. The van der Waals surface area contributed by atoms with Gasteiger partial charge in [-0.1, -0.05) is 39.0 Å². The summed E-state index contributed by atoms with van der Waals surface area (Å²) in [6, 6.07) is 10.7. The van der Waals surface area contributed by atoms with E-state index in [-0.39, 0.29) is 11.2 Å². The molecule has 0 spiro atoms. The smallest absolute Gasteiger partial charge is 0.160 e. The molecule has 0 aliphatic rings. The first-order valence-corrected chi connectivity index (χ1v) is 7.47. The number of halogens is 1. The fraction of sp³-hybridized carbons (Fsp3) is 0.333. The monoisotopic (exact) mass is 297 g/mol. The Balaban J connectivity index is 2.08. The fourth-order valence-corrected chi connectivity index (χ4v) is 2.59. The number of rotatable bonds is 3. The maximum atomic E-state index is 13.9. The molecule has 0 N–H and O–H groups in total. The maximum Gasteiger partial charge on any atom is 0.160 e. The standard InChI is InChI=1S/C18H20FN3/c1-18(2,3)12-22-16(11-13-7-4-5-8-14(13)19)21-15-9-6-10-20-17(15)22/h4-10H,11-12H2,1-3H3. The van der Waals surface area contributed by atoms with Gasteiger partial charge in [-0.3, -0.25) is 0 Å². The number of fused-ring (bicyclic) bond motifs is 1. The highest BCUT2D eigenvalue weighted by molar-refractivity contribution is 5.71. The van der Waals surface area contributed by atoms with Gasteiger partial charge in [-0.05, 0) is 29.2 Å². The summed E-state index contributed by atoms with van der Waals surface area (Å²) in [5, 5.41) is 0. The van der Waals surface area contributed by atoms with Crippen LogP contribution in [0.4, 0.5) is 4.39 Å². The molecule has 0 atom stereocenters. The third kappa shape index (κ3) is 3.01. The van der Waals surface area contributed by atoms with E-state index in [1.807, 2.05) is 24.3 Å². The SMILES string of the molecule is CC(C)(C)Cn1c(Cc2ccccc2F)nc2cccnc21. The molecule has 0 fully saturated rings. The number of pyridine rings is 1. The Morgan fingerprint density at radius 2 is 1.86 bits per heavy atom. The first-order valence-electron chi connectivity index (χ1n) is 7.47. The number of benzene rings is 1. The van der Waals surface area contributed by atoms with Crippen molar-refractivity contribution in [1.29, 1.82) is 0 Å². The lowest BCUT2D eigenvalue weighted by Crippen LogP contribution is -2.18. The minimum absolute atomic E-state index is 0.0924. The third-order valence-corrected chi connectivity index (χ3v) is 3.52. The molecular formula is C18H20FN3. The van der Waals surface area contributed by atoms with Crippen LogP contribution in [0, 0.1) is 11.2 Å². The number of hydrogen-bond acceptors (Lipinski definition) is 2. The van der Waals surface area contributed by atoms with Gasteiger partial charge in [-0.25, -0.2) is 14.4 Å². The van der Waals surface area contributed by atoms with Crippen molar-refractivity contribution in [1.82, 2.24) is 14.5 Å². The van der Waals surface area contributed by atoms with Crippen LogP contribution in [0.3, 0.4) is 0 Å². The zero-order valence-electron chi connectivity index (χ0n) is 13.2. The van der Waals surface area contributed by atoms with Crippen molar-refractivity contribution in [2.45, 2.75) is 33.7 Å². The molecule has 0 radical (unpaired) electrons. The Bertz CT molecular complexity index is 799. The van der Waals surface area contributed by atoms with Gasteiger partial charge in [-0.15, -0.1) is 0 Å². The molecule has 0 aliphatic carbocycles. The molecule has 2 heterocycles. The van der Waals surface area contributed by atoms with Crippen LogP contribution in [0.15, 0.2) is 42.6 Å². The third-order valence-electron chi connectivity index (χ3n) is 3.52. The molecular weight excluding hydrogens is 277 g/mol. The average molecular weight is 297 g/mol. The molecule has 2 aromatic heterocycles. The zero-order valence-corrected chi connectivity index (χ0v) is 13.2. The summed E-state index contributed by atoms with van der Waals surface area (Å²) >= 11 is 0. The number of nitrogens with zero attached hydrogens (tertiary/aromatic N) is 3. The lowest BCUT2D eigenvalue weighted by Gasteiger charge is -2.21. The Morgan fingerprint density at radius 1 is 1.09 bits per heavy atom. The van der Waals surface area contributed by atoms with Gasteiger partial charge in [0, 0.05) is 19.2 Å². The largest absolute Gasteiger partial charge is 0.312 e. The number of aromatic nitrogens is 3. The van der Waals surface area contributed by atoms with Gasteiger partial charge in [0.15, 0.2) is 5.65 Å². The van der Waals surface area contributed by atoms with E-state index in [2.05, 4.69) is 35.3 Å². The van der Waals surface area contributed by atoms with Crippen LogP contribution in [-0.2, 0) is 13.0 Å². The highest BCUT2D eigenvalue weighted by Gasteiger charge is 2.19. The van der Waals surface area contributed by atoms with E-state index in [9.17, 15) is 4.39 Å². The molecule has 3 rings (SSSR count). The lowest BCUT2D eigenvalue weighted by atomic mass is 9.96. The predicted octanol–water partition coefficient (Wildman–Crippen LogP) is 4.21. The summed E-state index contributed by atoms with van der Waals surface area (Å²) in [5.41, 5.74) is 2.48. The Kier molecular flexibility index (Phi) is 3.69. The van der Waals surface area contributed by atoms with Gasteiger partial charge in [0.05, 0.1) is 0 Å². The van der Waals surface area contributed by atoms with E-state index in [0.29, 0.717) is 12.0 Å². The van der Waals surface area contributed by atoms with Gasteiger partial charge in [0.1, 0.15) is 17.2 Å². The molecule has 4 heteroatoms. The van der Waals surface area contributed by atoms with Gasteiger partial charge >= 0.3 is 0 Å². The summed E-state index contributed by atoms with van der Waals surface area (Å²) in [4.78, 5) is 9.12. The van der Waals surface area contributed by atoms with Crippen molar-refractivity contribution in [3.8, 4) is 0 Å². The second-order valence-corrected chi connectivity index (χ2v) is 6.79. The molecule has 22 heavy (non-hydrogen) atoms. The summed E-state index contributed by atoms with van der Waals surface area (Å²) in [5.74, 6) is 0.665. The van der Waals surface area contributed by atoms with Crippen molar-refractivity contribution in [2.24, 2.45) is 5.41 Å². The van der Waals surface area contributed by atoms with Gasteiger partial charge in [0.25, 0.3) is 0 Å². The van der Waals surface area contributed by atoms with E-state index >= 15 is 0 Å². The summed E-state index contributed by atoms with van der Waals surface area (Å²) in [6.07, 6.45) is 2.25. The Morgan fingerprint density at radius 3 is 2.59 bits per heavy atom. The minimum atomic E-state index is -0.190. The second-order valence-electron chi connectivity index (χ2n) is 6.79. The van der Waals surface area contributed by atoms with Crippen molar-refractivity contribution >= 4 is 11.2 Å². The average Bonchev–Trinajstić information content (AvgIpc) is 2.78. The maximum absolute atomic E-state index is 13.9. The second kappa shape index (κ2) is 5.52. The van der Waals surface area contributed by atoms with Crippen LogP contribution in [0.5, 0.6) is 0 Å². The topological polar surface area (TPSA) is 30.7 Å². The van der Waals surface area contributed by atoms with Gasteiger partial charge < -0.3 is 4.57 Å². The molecule has 0 amide bonds. The number of hydrogen-bond donors (Lipinski definition) is 0. The van der Waals surface area contributed by atoms with Crippen LogP contribution in [0.2, 0.25) is 0 Å². The van der Waals surface area contributed by atoms with Crippen LogP contribution in [0.25, 0.3) is 11.2 Å². The van der Waals surface area contributed by atoms with E-state index in [1.165, 1.54) is 6.07 Å². The Labute approximate surface area is 129 Å². The fourth-order valence-electron chi connectivity index (χ4n) is 2.59. The molecule has 0 aliphatic heterocycles. The van der Waals surface area contributed by atoms with E-state index in [4.69, 9.17) is 0 Å². The molecule has 3 nitrogen and oxygen atoms in total. The molecule has 3 aromatic rings.